The lowest BCUT2D eigenvalue weighted by atomic mass is 9.92. The Hall–Kier alpha value is -4.37. The number of rotatable bonds is 15. The number of ether oxygens (including phenoxy) is 1. The first-order valence-corrected chi connectivity index (χ1v) is 13.1. The molecule has 0 aliphatic carbocycles. The van der Waals surface area contributed by atoms with Gasteiger partial charge in [0, 0.05) is 50.6 Å². The van der Waals surface area contributed by atoms with Gasteiger partial charge in [0.05, 0.1) is 24.5 Å². The molecule has 9 nitrogen and oxygen atoms in total. The molecule has 0 bridgehead atoms. The molecule has 1 aliphatic heterocycles. The first-order valence-electron chi connectivity index (χ1n) is 29.1. The lowest BCUT2D eigenvalue weighted by molar-refractivity contribution is -0.128. The molecule has 0 spiro atoms. The summed E-state index contributed by atoms with van der Waals surface area (Å²) in [5, 5.41) is 17.0. The topological polar surface area (TPSA) is 120 Å². The number of nitrogens with one attached hydrogen (secondary N) is 3. The van der Waals surface area contributed by atoms with Gasteiger partial charge in [-0.3, -0.25) is 9.59 Å². The molecule has 46 heavy (non-hydrogen) atoms. The van der Waals surface area contributed by atoms with Crippen LogP contribution in [0.3, 0.4) is 0 Å². The van der Waals surface area contributed by atoms with Crippen molar-refractivity contribution in [2.75, 3.05) is 19.6 Å². The van der Waals surface area contributed by atoms with E-state index in [1.54, 1.807) is 5.32 Å². The Morgan fingerprint density at radius 1 is 1.07 bits per heavy atom. The largest absolute Gasteiger partial charge is 0.483 e. The second kappa shape index (κ2) is 16.8. The Labute approximate surface area is 317 Å². The molecule has 1 saturated heterocycles. The van der Waals surface area contributed by atoms with Gasteiger partial charge >= 0.3 is 6.03 Å². The van der Waals surface area contributed by atoms with Crippen LogP contribution in [0.15, 0.2) is 78.7 Å². The number of benzene rings is 3. The van der Waals surface area contributed by atoms with Crippen molar-refractivity contribution in [2.24, 2.45) is 5.89 Å². The Morgan fingerprint density at radius 2 is 1.80 bits per heavy atom. The number of nitrogens with zero attached hydrogens (tertiary/aromatic N) is 1. The highest BCUT2D eigenvalue weighted by atomic mass is 16.5. The van der Waals surface area contributed by atoms with Crippen LogP contribution in [0.2, 0.25) is 0 Å². The predicted molar refractivity (Wildman–Crippen MR) is 180 cm³/mol. The number of aliphatic hydroxyl groups is 1. The van der Waals surface area contributed by atoms with Crippen LogP contribution >= 0.6 is 0 Å². The van der Waals surface area contributed by atoms with Gasteiger partial charge in [0.15, 0.2) is 6.61 Å². The molecular weight excluding hydrogens is 580 g/mol. The summed E-state index contributed by atoms with van der Waals surface area (Å²) in [4.78, 5) is 41.9. The van der Waals surface area contributed by atoms with E-state index in [9.17, 15) is 21.5 Å². The zero-order valence-electron chi connectivity index (χ0n) is 55.6. The summed E-state index contributed by atoms with van der Waals surface area (Å²) >= 11 is 0. The second-order valence-electron chi connectivity index (χ2n) is 9.12. The fourth-order valence-corrected chi connectivity index (χ4v) is 3.85. The molecular formula is C37H48N4O5. The van der Waals surface area contributed by atoms with Crippen molar-refractivity contribution in [3.63, 3.8) is 0 Å². The number of para-hydroxylation sites is 1. The molecule has 4 amide bonds. The third kappa shape index (κ3) is 9.81. The standard InChI is InChI=1S/C37H48N4O5/c1-25(2)34(41-20-12-19-38-37(41)45)36(44)39-30(21-28-15-7-5-8-16-28)23-32(42)31(22-29-17-9-6-10-18-29)40-33(43)24-46-35-26(3)13-11-14-27(35)4/h5-11,13-18,25,30-32,34,42H,12,19-24H2,1-4H3,(H,38,45)(H,39,44)(H,40,43)/t30-,31-,32-,34-/m0/s1/i1D3,2D3,3D3,4D3,5D,7D,8D,11D,12D2,13D,14D,15D,16D,19D2,20D2,21D2,22D2,25D,34D. The van der Waals surface area contributed by atoms with Crippen LogP contribution in [0.4, 0.5) is 4.79 Å². The molecule has 246 valence electrons. The van der Waals surface area contributed by atoms with Crippen LogP contribution in [-0.2, 0) is 22.3 Å². The number of carbonyl (C=O) groups excluding carboxylic acids is 3. The molecule has 9 heteroatoms. The van der Waals surface area contributed by atoms with Gasteiger partial charge in [0.2, 0.25) is 5.91 Å². The number of amides is 4. The maximum atomic E-state index is 15.1. The first-order chi connectivity index (χ1) is 34.8. The van der Waals surface area contributed by atoms with Crippen molar-refractivity contribution in [2.45, 2.75) is 77.2 Å². The van der Waals surface area contributed by atoms with Crippen molar-refractivity contribution in [3.05, 3.63) is 101 Å². The molecule has 0 aromatic heterocycles. The van der Waals surface area contributed by atoms with Crippen molar-refractivity contribution >= 4 is 17.8 Å². The minimum Gasteiger partial charge on any atom is -0.483 e. The summed E-state index contributed by atoms with van der Waals surface area (Å²) in [5.41, 5.74) is -4.47. The quantitative estimate of drug-likeness (QED) is 0.194. The maximum absolute atomic E-state index is 15.1. The zero-order valence-corrected chi connectivity index (χ0v) is 23.6. The SMILES string of the molecule is [2H]c1c([2H])c([2H])c(C([2H])([2H])[C@@H](C[C@H](O)[C@@H](NC(=O)COc2c(C([2H])([2H])[2H])c([2H])c([2H])c([2H])c2C([2H])([2H])[2H])C([2H])([2H])c2ccccc2)NC(=O)[C@@]([2H])(N2C(=O)NC([2H])([2H])C([2H])([2H])C2([2H])[2H])C([2H])(C([2H])([2H])[2H])C([2H])([2H])[2H])c([2H])c1[2H]. The van der Waals surface area contributed by atoms with Gasteiger partial charge in [0.25, 0.3) is 5.91 Å². The number of hydrogen-bond acceptors (Lipinski definition) is 5. The minimum atomic E-state index is -5.05. The van der Waals surface area contributed by atoms with Crippen molar-refractivity contribution in [3.8, 4) is 5.75 Å². The number of carbonyl (C=O) groups is 3. The van der Waals surface area contributed by atoms with Gasteiger partial charge in [0.1, 0.15) is 11.8 Å². The molecule has 4 N–H and O–H groups in total. The molecule has 1 aliphatic rings. The molecule has 1 heterocycles. The van der Waals surface area contributed by atoms with Crippen molar-refractivity contribution in [1.82, 2.24) is 20.9 Å². The smallest absolute Gasteiger partial charge is 0.318 e. The number of aliphatic hydroxyl groups excluding tert-OH is 1. The lowest BCUT2D eigenvalue weighted by Gasteiger charge is -2.37. The fourth-order valence-electron chi connectivity index (χ4n) is 3.85. The van der Waals surface area contributed by atoms with E-state index in [1.807, 2.05) is 5.32 Å². The van der Waals surface area contributed by atoms with E-state index in [0.717, 1.165) is 12.1 Å². The monoisotopic (exact) mass is 661 g/mol. The van der Waals surface area contributed by atoms with Crippen LogP contribution in [0.25, 0.3) is 0 Å². The normalized spacial score (nSPS) is 31.8. The number of hydrogen-bond donors (Lipinski definition) is 4. The van der Waals surface area contributed by atoms with Crippen LogP contribution in [0.1, 0.15) is 92.6 Å². The molecule has 4 atom stereocenters. The molecule has 0 radical (unpaired) electrons. The summed E-state index contributed by atoms with van der Waals surface area (Å²) in [6, 6.07) is -17.6. The Balaban J connectivity index is 2.07. The van der Waals surface area contributed by atoms with E-state index < -0.39 is 202 Å². The van der Waals surface area contributed by atoms with Gasteiger partial charge in [-0.15, -0.1) is 0 Å². The summed E-state index contributed by atoms with van der Waals surface area (Å²) in [6.07, 6.45) is -16.1. The van der Waals surface area contributed by atoms with E-state index >= 15 is 4.79 Å². The van der Waals surface area contributed by atoms with Gasteiger partial charge in [-0.05, 0) is 67.4 Å². The van der Waals surface area contributed by atoms with Gasteiger partial charge in [-0.25, -0.2) is 4.79 Å². The van der Waals surface area contributed by atoms with E-state index in [-0.39, 0.29) is 0 Å². The van der Waals surface area contributed by atoms with Gasteiger partial charge in [-0.1, -0.05) is 92.4 Å². The summed E-state index contributed by atoms with van der Waals surface area (Å²) in [6.45, 7) is -26.2. The first kappa shape index (κ1) is 11.7. The van der Waals surface area contributed by atoms with Crippen molar-refractivity contribution < 1.29 is 68.1 Å². The molecule has 0 saturated carbocycles. The molecule has 3 aromatic rings. The molecule has 1 fully saturated rings. The zero-order chi connectivity index (χ0) is 60.8. The summed E-state index contributed by atoms with van der Waals surface area (Å²) < 4.78 is 274. The third-order valence-corrected chi connectivity index (χ3v) is 5.85. The van der Waals surface area contributed by atoms with Gasteiger partial charge in [-0.2, -0.15) is 0 Å². The maximum Gasteiger partial charge on any atom is 0.318 e. The summed E-state index contributed by atoms with van der Waals surface area (Å²) in [5.74, 6) is -10.7. The van der Waals surface area contributed by atoms with E-state index in [4.69, 9.17) is 41.7 Å². The highest BCUT2D eigenvalue weighted by Gasteiger charge is 2.35. The number of urea groups is 1. The van der Waals surface area contributed by atoms with Crippen LogP contribution in [0.5, 0.6) is 5.75 Å². The highest BCUT2D eigenvalue weighted by molar-refractivity contribution is 5.87. The Kier molecular flexibility index (Phi) is 4.27. The highest BCUT2D eigenvalue weighted by Crippen LogP contribution is 2.22. The average molecular weight is 661 g/mol. The third-order valence-electron chi connectivity index (χ3n) is 5.85. The predicted octanol–water partition coefficient (Wildman–Crippen LogP) is 4.33. The van der Waals surface area contributed by atoms with Crippen LogP contribution in [-0.4, -0.2) is 71.7 Å². The second-order valence-corrected chi connectivity index (χ2v) is 9.12. The van der Waals surface area contributed by atoms with Crippen LogP contribution in [0, 0.1) is 19.6 Å². The fraction of sp³-hybridized carbons (Fsp3) is 0.432. The van der Waals surface area contributed by atoms with E-state index in [2.05, 4.69) is 0 Å². The molecule has 4 rings (SSSR count). The van der Waals surface area contributed by atoms with E-state index in [1.165, 1.54) is 23.5 Å². The Morgan fingerprint density at radius 3 is 2.50 bits per heavy atom. The van der Waals surface area contributed by atoms with Gasteiger partial charge < -0.3 is 30.7 Å². The molecule has 3 aromatic carbocycles. The minimum absolute atomic E-state index is 0.463. The van der Waals surface area contributed by atoms with Crippen LogP contribution < -0.4 is 20.7 Å². The van der Waals surface area contributed by atoms with E-state index in [0.29, 0.717) is 0 Å². The average Bonchev–Trinajstić information content (AvgIpc) is 3.27. The summed E-state index contributed by atoms with van der Waals surface area (Å²) in [7, 11) is 0. The van der Waals surface area contributed by atoms with Crippen molar-refractivity contribution in [1.29, 1.82) is 0 Å². The molecule has 0 unspecified atom stereocenters. The lowest BCUT2D eigenvalue weighted by Crippen LogP contribution is -2.59. The Bertz CT molecular complexity index is 2730.